The molecule has 0 radical (unpaired) electrons. The molecule has 208 valence electrons. The van der Waals surface area contributed by atoms with Gasteiger partial charge in [0.1, 0.15) is 0 Å². The summed E-state index contributed by atoms with van der Waals surface area (Å²) in [4.78, 5) is 0. The van der Waals surface area contributed by atoms with Gasteiger partial charge in [0.25, 0.3) is 0 Å². The maximum absolute atomic E-state index is 8.11. The zero-order valence-corrected chi connectivity index (χ0v) is 24.0. The summed E-state index contributed by atoms with van der Waals surface area (Å²) in [6.07, 6.45) is 33.5. The predicted octanol–water partition coefficient (Wildman–Crippen LogP) is 9.76. The van der Waals surface area contributed by atoms with Gasteiger partial charge in [-0.2, -0.15) is 0 Å². The summed E-state index contributed by atoms with van der Waals surface area (Å²) in [5.74, 6) is 0. The normalized spacial score (nSPS) is 11.9. The zero-order chi connectivity index (χ0) is 25.4. The van der Waals surface area contributed by atoms with Crippen LogP contribution in [0, 0.1) is 0 Å². The first-order valence-electron chi connectivity index (χ1n) is 15.6. The quantitative estimate of drug-likeness (QED) is 0.114. The van der Waals surface area contributed by atoms with Crippen LogP contribution in [0.25, 0.3) is 0 Å². The number of unbranched alkanes of at least 4 members (excludes halogenated alkanes) is 22. The molecule has 0 aliphatic heterocycles. The van der Waals surface area contributed by atoms with E-state index in [9.17, 15) is 0 Å². The van der Waals surface area contributed by atoms with Crippen LogP contribution in [0.3, 0.4) is 0 Å². The molecule has 2 N–H and O–H groups in total. The van der Waals surface area contributed by atoms with Crippen molar-refractivity contribution in [3.63, 3.8) is 0 Å². The molecule has 0 rings (SSSR count). The summed E-state index contributed by atoms with van der Waals surface area (Å²) >= 11 is 0. The molecule has 3 nitrogen and oxygen atoms in total. The van der Waals surface area contributed by atoms with Crippen LogP contribution >= 0.6 is 0 Å². The van der Waals surface area contributed by atoms with E-state index >= 15 is 0 Å². The average molecular weight is 487 g/mol. The smallest absolute Gasteiger partial charge is 0.0742 e. The van der Waals surface area contributed by atoms with Crippen molar-refractivity contribution >= 4 is 0 Å². The molecule has 34 heavy (non-hydrogen) atoms. The van der Waals surface area contributed by atoms with Crippen LogP contribution < -0.4 is 0 Å². The summed E-state index contributed by atoms with van der Waals surface area (Å²) in [5.41, 5.74) is 0. The Morgan fingerprint density at radius 3 is 0.853 bits per heavy atom. The van der Waals surface area contributed by atoms with Crippen molar-refractivity contribution in [1.82, 2.24) is 0 Å². The van der Waals surface area contributed by atoms with Gasteiger partial charge in [-0.05, 0) is 19.8 Å². The van der Waals surface area contributed by atoms with E-state index in [1.165, 1.54) is 161 Å². The minimum atomic E-state index is -0.560. The standard InChI is InChI=1S/C28H58O.C3H8O2/c1-3-5-7-9-11-13-15-17-19-21-23-25-27-29-28-26-24-22-20-18-16-14-12-10-8-6-4-2;1-3(5)2-4/h3-28H2,1-2H3;3-5H,2H2,1H3. The molecule has 0 aromatic heterocycles. The molecule has 0 bridgehead atoms. The van der Waals surface area contributed by atoms with Gasteiger partial charge in [-0.3, -0.25) is 0 Å². The Bertz CT molecular complexity index is 294. The lowest BCUT2D eigenvalue weighted by Gasteiger charge is -2.05. The lowest BCUT2D eigenvalue weighted by Crippen LogP contribution is -2.03. The first-order valence-corrected chi connectivity index (χ1v) is 15.6. The van der Waals surface area contributed by atoms with Gasteiger partial charge in [0.2, 0.25) is 0 Å². The number of hydrogen-bond acceptors (Lipinski definition) is 3. The third-order valence-corrected chi connectivity index (χ3v) is 6.55. The SMILES string of the molecule is CC(O)CO.CCCCCCCCCCCCCCOCCCCCCCCCCCCCC. The molecule has 1 unspecified atom stereocenters. The zero-order valence-electron chi connectivity index (χ0n) is 24.0. The molecular formula is C31H66O3. The molecule has 0 aromatic carbocycles. The van der Waals surface area contributed by atoms with Crippen molar-refractivity contribution in [2.24, 2.45) is 0 Å². The van der Waals surface area contributed by atoms with Crippen molar-refractivity contribution in [2.75, 3.05) is 19.8 Å². The first-order chi connectivity index (χ1) is 16.7. The number of hydrogen-bond donors (Lipinski definition) is 2. The molecule has 0 aliphatic carbocycles. The number of aliphatic hydroxyl groups is 2. The molecule has 0 aliphatic rings. The van der Waals surface area contributed by atoms with Crippen LogP contribution in [0.15, 0.2) is 0 Å². The molecule has 0 saturated heterocycles. The lowest BCUT2D eigenvalue weighted by atomic mass is 10.1. The number of rotatable bonds is 27. The largest absolute Gasteiger partial charge is 0.394 e. The van der Waals surface area contributed by atoms with Crippen molar-refractivity contribution in [3.05, 3.63) is 0 Å². The third-order valence-electron chi connectivity index (χ3n) is 6.55. The fourth-order valence-electron chi connectivity index (χ4n) is 4.19. The first kappa shape index (κ1) is 36.0. The van der Waals surface area contributed by atoms with Gasteiger partial charge in [-0.25, -0.2) is 0 Å². The van der Waals surface area contributed by atoms with Gasteiger partial charge < -0.3 is 14.9 Å². The summed E-state index contributed by atoms with van der Waals surface area (Å²) in [7, 11) is 0. The second-order valence-corrected chi connectivity index (χ2v) is 10.4. The molecular weight excluding hydrogens is 420 g/mol. The highest BCUT2D eigenvalue weighted by Crippen LogP contribution is 2.13. The van der Waals surface area contributed by atoms with Crippen LogP contribution in [0.4, 0.5) is 0 Å². The molecule has 0 aromatic rings. The Kier molecular flexibility index (Phi) is 37.1. The maximum Gasteiger partial charge on any atom is 0.0742 e. The highest BCUT2D eigenvalue weighted by molar-refractivity contribution is 4.50. The monoisotopic (exact) mass is 487 g/mol. The van der Waals surface area contributed by atoms with Gasteiger partial charge in [0, 0.05) is 13.2 Å². The Hall–Kier alpha value is -0.120. The topological polar surface area (TPSA) is 49.7 Å². The third kappa shape index (κ3) is 39.1. The molecule has 3 heteroatoms. The van der Waals surface area contributed by atoms with Crippen molar-refractivity contribution in [1.29, 1.82) is 0 Å². The van der Waals surface area contributed by atoms with E-state index in [4.69, 9.17) is 14.9 Å². The molecule has 0 spiro atoms. The van der Waals surface area contributed by atoms with Crippen LogP contribution in [-0.2, 0) is 4.74 Å². The summed E-state index contributed by atoms with van der Waals surface area (Å²) < 4.78 is 5.82. The molecule has 0 heterocycles. The fourth-order valence-corrected chi connectivity index (χ4v) is 4.19. The molecule has 1 atom stereocenters. The van der Waals surface area contributed by atoms with E-state index in [-0.39, 0.29) is 6.61 Å². The number of aliphatic hydroxyl groups excluding tert-OH is 2. The summed E-state index contributed by atoms with van der Waals surface area (Å²) in [6.45, 7) is 7.97. The van der Waals surface area contributed by atoms with E-state index < -0.39 is 6.10 Å². The highest BCUT2D eigenvalue weighted by Gasteiger charge is 1.96. The van der Waals surface area contributed by atoms with Crippen molar-refractivity contribution in [2.45, 2.75) is 181 Å². The van der Waals surface area contributed by atoms with Crippen LogP contribution in [0.1, 0.15) is 175 Å². The van der Waals surface area contributed by atoms with Crippen molar-refractivity contribution < 1.29 is 14.9 Å². The van der Waals surface area contributed by atoms with Crippen LogP contribution in [-0.4, -0.2) is 36.1 Å². The van der Waals surface area contributed by atoms with Crippen molar-refractivity contribution in [3.8, 4) is 0 Å². The second-order valence-electron chi connectivity index (χ2n) is 10.4. The summed E-state index contributed by atoms with van der Waals surface area (Å²) in [6, 6.07) is 0. The van der Waals surface area contributed by atoms with Gasteiger partial charge in [-0.1, -0.05) is 155 Å². The maximum atomic E-state index is 8.11. The van der Waals surface area contributed by atoms with Gasteiger partial charge in [0.15, 0.2) is 0 Å². The lowest BCUT2D eigenvalue weighted by molar-refractivity contribution is 0.110. The van der Waals surface area contributed by atoms with Gasteiger partial charge >= 0.3 is 0 Å². The molecule has 0 amide bonds. The van der Waals surface area contributed by atoms with E-state index in [2.05, 4.69) is 13.8 Å². The average Bonchev–Trinajstić information content (AvgIpc) is 2.84. The molecule has 0 fully saturated rings. The van der Waals surface area contributed by atoms with Gasteiger partial charge in [0.05, 0.1) is 12.7 Å². The highest BCUT2D eigenvalue weighted by atomic mass is 16.5. The van der Waals surface area contributed by atoms with E-state index in [1.807, 2.05) is 0 Å². The Labute approximate surface area is 215 Å². The number of ether oxygens (including phenoxy) is 1. The van der Waals surface area contributed by atoms with Gasteiger partial charge in [-0.15, -0.1) is 0 Å². The van der Waals surface area contributed by atoms with E-state index in [1.54, 1.807) is 0 Å². The minimum Gasteiger partial charge on any atom is -0.394 e. The Balaban J connectivity index is 0. The second kappa shape index (κ2) is 35.0. The van der Waals surface area contributed by atoms with E-state index in [0.29, 0.717) is 0 Å². The predicted molar refractivity (Wildman–Crippen MR) is 152 cm³/mol. The van der Waals surface area contributed by atoms with Crippen LogP contribution in [0.2, 0.25) is 0 Å². The summed E-state index contributed by atoms with van der Waals surface area (Å²) in [5, 5.41) is 16.0. The minimum absolute atomic E-state index is 0.139. The fraction of sp³-hybridized carbons (Fsp3) is 1.00. The Morgan fingerprint density at radius 1 is 0.441 bits per heavy atom. The molecule has 0 saturated carbocycles. The van der Waals surface area contributed by atoms with Crippen LogP contribution in [0.5, 0.6) is 0 Å². The van der Waals surface area contributed by atoms with E-state index in [0.717, 1.165) is 13.2 Å². The Morgan fingerprint density at radius 2 is 0.647 bits per heavy atom.